The van der Waals surface area contributed by atoms with Crippen LogP contribution < -0.4 is 9.62 Å². The zero-order chi connectivity index (χ0) is 29.6. The first kappa shape index (κ1) is 31.7. The second-order valence-corrected chi connectivity index (χ2v) is 13.0. The highest BCUT2D eigenvalue weighted by Crippen LogP contribution is 2.35. The van der Waals surface area contributed by atoms with E-state index in [0.717, 1.165) is 27.3 Å². The Hall–Kier alpha value is -2.78. The largest absolute Gasteiger partial charge is 0.352 e. The van der Waals surface area contributed by atoms with E-state index in [1.807, 2.05) is 75.4 Å². The molecule has 3 aromatic rings. The van der Waals surface area contributed by atoms with Gasteiger partial charge in [0.1, 0.15) is 12.6 Å². The van der Waals surface area contributed by atoms with Crippen molar-refractivity contribution in [2.45, 2.75) is 45.8 Å². The Kier molecular flexibility index (Phi) is 10.9. The van der Waals surface area contributed by atoms with Crippen LogP contribution in [0.5, 0.6) is 0 Å². The van der Waals surface area contributed by atoms with Crippen molar-refractivity contribution >= 4 is 62.3 Å². The Labute approximate surface area is 251 Å². The number of carbonyl (C=O) groups excluding carboxylic acids is 2. The van der Waals surface area contributed by atoms with Crippen LogP contribution in [-0.4, -0.2) is 50.0 Å². The fourth-order valence-corrected chi connectivity index (χ4v) is 5.79. The molecular weight excluding hydrogens is 593 g/mol. The number of aryl methyl sites for hydroxylation is 1. The molecule has 0 fully saturated rings. The van der Waals surface area contributed by atoms with Crippen LogP contribution in [0.15, 0.2) is 66.7 Å². The van der Waals surface area contributed by atoms with Gasteiger partial charge in [-0.2, -0.15) is 0 Å². The number of anilines is 1. The monoisotopic (exact) mass is 623 g/mol. The van der Waals surface area contributed by atoms with Gasteiger partial charge in [0.15, 0.2) is 0 Å². The van der Waals surface area contributed by atoms with Crippen molar-refractivity contribution in [2.75, 3.05) is 17.1 Å². The summed E-state index contributed by atoms with van der Waals surface area (Å²) in [6.45, 7) is 5.07. The summed E-state index contributed by atoms with van der Waals surface area (Å²) in [5.74, 6) is -0.938. The highest BCUT2D eigenvalue weighted by molar-refractivity contribution is 7.92. The molecule has 214 valence electrons. The second-order valence-electron chi connectivity index (χ2n) is 9.87. The first-order valence-electron chi connectivity index (χ1n) is 12.6. The summed E-state index contributed by atoms with van der Waals surface area (Å²) >= 11 is 18.6. The van der Waals surface area contributed by atoms with E-state index in [1.165, 1.54) is 17.0 Å². The van der Waals surface area contributed by atoms with E-state index in [1.54, 1.807) is 0 Å². The molecule has 0 aliphatic rings. The van der Waals surface area contributed by atoms with Crippen molar-refractivity contribution < 1.29 is 18.0 Å². The smallest absolute Gasteiger partial charge is 0.244 e. The number of nitrogens with zero attached hydrogens (tertiary/aromatic N) is 2. The summed E-state index contributed by atoms with van der Waals surface area (Å²) in [5.41, 5.74) is 2.63. The molecule has 0 aliphatic carbocycles. The van der Waals surface area contributed by atoms with E-state index in [9.17, 15) is 18.0 Å². The van der Waals surface area contributed by atoms with Crippen LogP contribution in [0.3, 0.4) is 0 Å². The summed E-state index contributed by atoms with van der Waals surface area (Å²) in [7, 11) is -4.00. The molecule has 0 aliphatic heterocycles. The fraction of sp³-hybridized carbons (Fsp3) is 0.310. The normalized spacial score (nSPS) is 12.2. The quantitative estimate of drug-likeness (QED) is 0.270. The number of nitrogens with one attached hydrogen (secondary N) is 1. The lowest BCUT2D eigenvalue weighted by Crippen LogP contribution is -2.54. The number of amides is 2. The highest BCUT2D eigenvalue weighted by Gasteiger charge is 2.34. The molecule has 0 saturated carbocycles. The predicted molar refractivity (Wildman–Crippen MR) is 163 cm³/mol. The maximum Gasteiger partial charge on any atom is 0.244 e. The zero-order valence-electron chi connectivity index (χ0n) is 22.7. The van der Waals surface area contributed by atoms with Crippen molar-refractivity contribution in [1.29, 1.82) is 0 Å². The lowest BCUT2D eigenvalue weighted by atomic mass is 10.0. The molecule has 7 nitrogen and oxygen atoms in total. The van der Waals surface area contributed by atoms with Gasteiger partial charge in [0, 0.05) is 19.0 Å². The van der Waals surface area contributed by atoms with Gasteiger partial charge in [-0.25, -0.2) is 8.42 Å². The average Bonchev–Trinajstić information content (AvgIpc) is 2.86. The Morgan fingerprint density at radius 1 is 0.875 bits per heavy atom. The summed E-state index contributed by atoms with van der Waals surface area (Å²) in [5, 5.41) is 3.15. The maximum atomic E-state index is 14.1. The minimum Gasteiger partial charge on any atom is -0.352 e. The van der Waals surface area contributed by atoms with Gasteiger partial charge in [-0.1, -0.05) is 95.0 Å². The molecule has 40 heavy (non-hydrogen) atoms. The molecule has 3 aromatic carbocycles. The molecule has 0 saturated heterocycles. The third kappa shape index (κ3) is 8.61. The topological polar surface area (TPSA) is 86.8 Å². The van der Waals surface area contributed by atoms with Gasteiger partial charge in [-0.15, -0.1) is 0 Å². The summed E-state index contributed by atoms with van der Waals surface area (Å²) in [4.78, 5) is 29.1. The zero-order valence-corrected chi connectivity index (χ0v) is 25.8. The third-order valence-corrected chi connectivity index (χ3v) is 8.23. The number of benzene rings is 3. The Balaban J connectivity index is 2.10. The number of sulfonamides is 1. The van der Waals surface area contributed by atoms with E-state index < -0.39 is 28.5 Å². The average molecular weight is 625 g/mol. The predicted octanol–water partition coefficient (Wildman–Crippen LogP) is 5.89. The van der Waals surface area contributed by atoms with Gasteiger partial charge in [0.05, 0.1) is 27.0 Å². The summed E-state index contributed by atoms with van der Waals surface area (Å²) in [6, 6.07) is 18.4. The molecule has 0 aromatic heterocycles. The van der Waals surface area contributed by atoms with E-state index in [-0.39, 0.29) is 45.7 Å². The molecule has 11 heteroatoms. The molecule has 1 N–H and O–H groups in total. The van der Waals surface area contributed by atoms with Gasteiger partial charge in [0.2, 0.25) is 21.8 Å². The molecule has 3 rings (SSSR count). The van der Waals surface area contributed by atoms with E-state index in [4.69, 9.17) is 34.8 Å². The molecule has 0 radical (unpaired) electrons. The Morgan fingerprint density at radius 3 is 2.10 bits per heavy atom. The van der Waals surface area contributed by atoms with Crippen LogP contribution in [0.1, 0.15) is 30.5 Å². The van der Waals surface area contributed by atoms with Crippen LogP contribution >= 0.6 is 34.8 Å². The lowest BCUT2D eigenvalue weighted by molar-refractivity contribution is -0.140. The highest BCUT2D eigenvalue weighted by atomic mass is 35.5. The number of carbonyl (C=O) groups is 2. The van der Waals surface area contributed by atoms with Crippen molar-refractivity contribution in [3.05, 3.63) is 98.5 Å². The van der Waals surface area contributed by atoms with Gasteiger partial charge < -0.3 is 10.2 Å². The molecule has 0 bridgehead atoms. The summed E-state index contributed by atoms with van der Waals surface area (Å²) in [6.07, 6.45) is 1.19. The Bertz CT molecular complexity index is 1470. The van der Waals surface area contributed by atoms with Gasteiger partial charge >= 0.3 is 0 Å². The van der Waals surface area contributed by atoms with Crippen molar-refractivity contribution in [3.63, 3.8) is 0 Å². The number of hydrogen-bond donors (Lipinski definition) is 1. The van der Waals surface area contributed by atoms with Crippen LogP contribution in [-0.2, 0) is 32.6 Å². The third-order valence-electron chi connectivity index (χ3n) is 6.08. The van der Waals surface area contributed by atoms with Crippen LogP contribution in [0.2, 0.25) is 15.1 Å². The first-order chi connectivity index (χ1) is 18.8. The number of hydrogen-bond acceptors (Lipinski definition) is 4. The van der Waals surface area contributed by atoms with E-state index >= 15 is 0 Å². The maximum absolute atomic E-state index is 14.1. The fourth-order valence-electron chi connectivity index (χ4n) is 4.24. The van der Waals surface area contributed by atoms with E-state index in [2.05, 4.69) is 5.32 Å². The lowest BCUT2D eigenvalue weighted by Gasteiger charge is -2.34. The molecular formula is C29H32Cl3N3O4S. The van der Waals surface area contributed by atoms with Crippen molar-refractivity contribution in [3.8, 4) is 0 Å². The molecule has 2 amide bonds. The first-order valence-corrected chi connectivity index (χ1v) is 15.6. The second kappa shape index (κ2) is 13.7. The number of rotatable bonds is 11. The molecule has 1 atom stereocenters. The van der Waals surface area contributed by atoms with Crippen LogP contribution in [0.4, 0.5) is 5.69 Å². The summed E-state index contributed by atoms with van der Waals surface area (Å²) < 4.78 is 26.7. The molecule has 0 spiro atoms. The van der Waals surface area contributed by atoms with E-state index in [0.29, 0.717) is 0 Å². The standard InChI is InChI=1S/C29H32Cl3N3O4S/c1-19(2)33-29(37)27(14-21-10-6-5-7-11-21)34(17-22-12-8-9-20(3)13-22)28(36)18-35(40(4,38)39)26-16-24(31)23(30)15-25(26)32/h5-13,15-16,19,27H,14,17-18H2,1-4H3,(H,33,37)/t27-/m1/s1. The minimum absolute atomic E-state index is 0.00802. The minimum atomic E-state index is -4.00. The van der Waals surface area contributed by atoms with Gasteiger partial charge in [-0.05, 0) is 44.0 Å². The van der Waals surface area contributed by atoms with Gasteiger partial charge in [0.25, 0.3) is 0 Å². The SMILES string of the molecule is Cc1cccc(CN(C(=O)CN(c2cc(Cl)c(Cl)cc2Cl)S(C)(=O)=O)[C@H](Cc2ccccc2)C(=O)NC(C)C)c1. The van der Waals surface area contributed by atoms with Gasteiger partial charge in [-0.3, -0.25) is 13.9 Å². The van der Waals surface area contributed by atoms with Crippen LogP contribution in [0.25, 0.3) is 0 Å². The number of halogens is 3. The Morgan fingerprint density at radius 2 is 1.50 bits per heavy atom. The van der Waals surface area contributed by atoms with Crippen LogP contribution in [0, 0.1) is 6.92 Å². The molecule has 0 heterocycles. The van der Waals surface area contributed by atoms with Crippen molar-refractivity contribution in [2.24, 2.45) is 0 Å². The van der Waals surface area contributed by atoms with Crippen molar-refractivity contribution in [1.82, 2.24) is 10.2 Å². The molecule has 0 unspecified atom stereocenters.